The first kappa shape index (κ1) is 22.6. The van der Waals surface area contributed by atoms with Crippen LogP contribution in [0.2, 0.25) is 0 Å². The highest BCUT2D eigenvalue weighted by Crippen LogP contribution is 2.35. The quantitative estimate of drug-likeness (QED) is 0.602. The molecule has 0 saturated carbocycles. The Morgan fingerprint density at radius 3 is 2.58 bits per heavy atom. The maximum atomic E-state index is 12.5. The molecule has 0 spiro atoms. The van der Waals surface area contributed by atoms with Gasteiger partial charge in [-0.25, -0.2) is 18.2 Å². The first-order valence-corrected chi connectivity index (χ1v) is 12.2. The highest BCUT2D eigenvalue weighted by atomic mass is 32.2. The van der Waals surface area contributed by atoms with Crippen LogP contribution in [0.4, 0.5) is 0 Å². The van der Waals surface area contributed by atoms with Crippen molar-refractivity contribution in [1.82, 2.24) is 14.3 Å². The highest BCUT2D eigenvalue weighted by Gasteiger charge is 2.38. The second-order valence-corrected chi connectivity index (χ2v) is 10.2. The number of carboxylic acid groups (broad SMARTS) is 1. The molecule has 1 aliphatic heterocycles. The highest BCUT2D eigenvalue weighted by molar-refractivity contribution is 7.90. The number of rotatable bonds is 5. The standard InChI is InChI=1S/C23H22N4O5S/c1-33(31,32)20-7-4-6-19(25-20)23(15-24)8-11-26(12-9-23)14-16-13-17(22(29)30)21(28)27-10-3-2-5-18(16)27/h2-7,10,13H,8-9,11-12,14H2,1H3,(H,29,30). The fraction of sp³-hybridized carbons (Fsp3) is 0.304. The summed E-state index contributed by atoms with van der Waals surface area (Å²) in [5.74, 6) is -1.28. The second kappa shape index (κ2) is 8.42. The predicted octanol–water partition coefficient (Wildman–Crippen LogP) is 1.85. The van der Waals surface area contributed by atoms with Crippen molar-refractivity contribution in [2.24, 2.45) is 0 Å². The second-order valence-electron chi connectivity index (χ2n) is 8.25. The lowest BCUT2D eigenvalue weighted by Gasteiger charge is -2.37. The summed E-state index contributed by atoms with van der Waals surface area (Å²) in [6.45, 7) is 1.46. The van der Waals surface area contributed by atoms with E-state index < -0.39 is 26.8 Å². The molecule has 170 valence electrons. The zero-order valence-corrected chi connectivity index (χ0v) is 18.7. The van der Waals surface area contributed by atoms with Crippen molar-refractivity contribution in [3.8, 4) is 6.07 Å². The van der Waals surface area contributed by atoms with Crippen molar-refractivity contribution in [1.29, 1.82) is 5.26 Å². The van der Waals surface area contributed by atoms with E-state index in [1.165, 1.54) is 16.5 Å². The molecule has 1 aliphatic rings. The molecule has 0 radical (unpaired) electrons. The molecule has 0 aliphatic carbocycles. The number of nitriles is 1. The molecular weight excluding hydrogens is 444 g/mol. The Balaban J connectivity index is 1.61. The summed E-state index contributed by atoms with van der Waals surface area (Å²) < 4.78 is 25.1. The molecule has 9 nitrogen and oxygen atoms in total. The average molecular weight is 467 g/mol. The van der Waals surface area contributed by atoms with Crippen molar-refractivity contribution >= 4 is 21.3 Å². The summed E-state index contributed by atoms with van der Waals surface area (Å²) in [5, 5.41) is 19.4. The topological polar surface area (TPSA) is 133 Å². The summed E-state index contributed by atoms with van der Waals surface area (Å²) in [4.78, 5) is 30.4. The maximum Gasteiger partial charge on any atom is 0.341 e. The molecule has 1 N–H and O–H groups in total. The van der Waals surface area contributed by atoms with Crippen LogP contribution in [0.3, 0.4) is 0 Å². The number of pyridine rings is 3. The van der Waals surface area contributed by atoms with Crippen molar-refractivity contribution < 1.29 is 18.3 Å². The smallest absolute Gasteiger partial charge is 0.341 e. The molecule has 1 saturated heterocycles. The van der Waals surface area contributed by atoms with E-state index in [2.05, 4.69) is 16.0 Å². The fourth-order valence-corrected chi connectivity index (χ4v) is 4.84. The molecule has 4 heterocycles. The predicted molar refractivity (Wildman–Crippen MR) is 120 cm³/mol. The van der Waals surface area contributed by atoms with E-state index in [-0.39, 0.29) is 10.6 Å². The van der Waals surface area contributed by atoms with Gasteiger partial charge in [0, 0.05) is 32.1 Å². The number of nitrogens with zero attached hydrogens (tertiary/aromatic N) is 4. The van der Waals surface area contributed by atoms with Crippen LogP contribution >= 0.6 is 0 Å². The summed E-state index contributed by atoms with van der Waals surface area (Å²) in [5.41, 5.74) is -0.00222. The van der Waals surface area contributed by atoms with Gasteiger partial charge in [0.15, 0.2) is 14.9 Å². The Labute approximate surface area is 190 Å². The number of hydrogen-bond donors (Lipinski definition) is 1. The SMILES string of the molecule is CS(=O)(=O)c1cccc(C2(C#N)CCN(Cc3cc(C(=O)O)c(=O)n4ccccc34)CC2)n1. The van der Waals surface area contributed by atoms with Crippen LogP contribution in [0.5, 0.6) is 0 Å². The molecule has 1 fully saturated rings. The van der Waals surface area contributed by atoms with Gasteiger partial charge >= 0.3 is 5.97 Å². The van der Waals surface area contributed by atoms with Gasteiger partial charge in [0.2, 0.25) is 0 Å². The molecule has 4 rings (SSSR count). The number of sulfone groups is 1. The van der Waals surface area contributed by atoms with Crippen LogP contribution in [-0.4, -0.2) is 53.1 Å². The molecular formula is C23H22N4O5S. The van der Waals surface area contributed by atoms with Gasteiger partial charge in [-0.3, -0.25) is 14.1 Å². The summed E-state index contributed by atoms with van der Waals surface area (Å²) in [6, 6.07) is 13.7. The molecule has 0 aromatic carbocycles. The third-order valence-electron chi connectivity index (χ3n) is 6.10. The van der Waals surface area contributed by atoms with E-state index in [0.29, 0.717) is 49.2 Å². The lowest BCUT2D eigenvalue weighted by Crippen LogP contribution is -2.42. The lowest BCUT2D eigenvalue weighted by atomic mass is 9.76. The maximum absolute atomic E-state index is 12.5. The van der Waals surface area contributed by atoms with Crippen molar-refractivity contribution in [3.05, 3.63) is 75.8 Å². The van der Waals surface area contributed by atoms with Crippen molar-refractivity contribution in [2.45, 2.75) is 29.8 Å². The number of likely N-dealkylation sites (tertiary alicyclic amines) is 1. The molecule has 3 aromatic heterocycles. The Bertz CT molecular complexity index is 1450. The first-order chi connectivity index (χ1) is 15.6. The Morgan fingerprint density at radius 2 is 1.94 bits per heavy atom. The minimum absolute atomic E-state index is 0.0561. The van der Waals surface area contributed by atoms with Crippen LogP contribution in [0.1, 0.15) is 34.5 Å². The van der Waals surface area contributed by atoms with Crippen LogP contribution in [0.25, 0.3) is 5.52 Å². The fourth-order valence-electron chi connectivity index (χ4n) is 4.25. The average Bonchev–Trinajstić information content (AvgIpc) is 2.81. The molecule has 10 heteroatoms. The first-order valence-electron chi connectivity index (χ1n) is 10.3. The molecule has 3 aromatic rings. The van der Waals surface area contributed by atoms with Gasteiger partial charge in [-0.15, -0.1) is 0 Å². The number of carbonyl (C=O) groups is 1. The van der Waals surface area contributed by atoms with Gasteiger partial charge in [-0.1, -0.05) is 12.1 Å². The zero-order chi connectivity index (χ0) is 23.8. The van der Waals surface area contributed by atoms with Gasteiger partial charge in [0.05, 0.1) is 17.3 Å². The molecule has 0 atom stereocenters. The number of carboxylic acids is 1. The largest absolute Gasteiger partial charge is 0.477 e. The van der Waals surface area contributed by atoms with E-state index in [9.17, 15) is 28.4 Å². The van der Waals surface area contributed by atoms with Crippen LogP contribution in [0, 0.1) is 11.3 Å². The molecule has 0 bridgehead atoms. The zero-order valence-electron chi connectivity index (χ0n) is 17.9. The Hall–Kier alpha value is -3.55. The third kappa shape index (κ3) is 4.25. The summed E-state index contributed by atoms with van der Waals surface area (Å²) in [6.07, 6.45) is 3.52. The van der Waals surface area contributed by atoms with Crippen LogP contribution in [0.15, 0.2) is 58.5 Å². The minimum Gasteiger partial charge on any atom is -0.477 e. The number of hydrogen-bond acceptors (Lipinski definition) is 7. The number of aromatic carboxylic acids is 1. The van der Waals surface area contributed by atoms with E-state index in [1.807, 2.05) is 0 Å². The monoisotopic (exact) mass is 466 g/mol. The van der Waals surface area contributed by atoms with Gasteiger partial charge in [0.1, 0.15) is 11.0 Å². The van der Waals surface area contributed by atoms with Gasteiger partial charge < -0.3 is 5.11 Å². The van der Waals surface area contributed by atoms with E-state index in [4.69, 9.17) is 0 Å². The van der Waals surface area contributed by atoms with Crippen molar-refractivity contribution in [2.75, 3.05) is 19.3 Å². The van der Waals surface area contributed by atoms with Gasteiger partial charge in [-0.2, -0.15) is 5.26 Å². The summed E-state index contributed by atoms with van der Waals surface area (Å²) >= 11 is 0. The Kier molecular flexibility index (Phi) is 5.78. The number of aromatic nitrogens is 2. The number of piperidine rings is 1. The normalized spacial score (nSPS) is 16.4. The minimum atomic E-state index is -3.49. The molecule has 0 amide bonds. The van der Waals surface area contributed by atoms with Crippen molar-refractivity contribution in [3.63, 3.8) is 0 Å². The third-order valence-corrected chi connectivity index (χ3v) is 7.09. The van der Waals surface area contributed by atoms with E-state index >= 15 is 0 Å². The van der Waals surface area contributed by atoms with Crippen LogP contribution < -0.4 is 5.56 Å². The van der Waals surface area contributed by atoms with Gasteiger partial charge in [-0.05, 0) is 48.7 Å². The van der Waals surface area contributed by atoms with Gasteiger partial charge in [0.25, 0.3) is 5.56 Å². The van der Waals surface area contributed by atoms with E-state index in [0.717, 1.165) is 6.26 Å². The molecule has 0 unspecified atom stereocenters. The lowest BCUT2D eigenvalue weighted by molar-refractivity contribution is 0.0694. The Morgan fingerprint density at radius 1 is 1.21 bits per heavy atom. The molecule has 33 heavy (non-hydrogen) atoms. The summed E-state index contributed by atoms with van der Waals surface area (Å²) in [7, 11) is -3.49. The van der Waals surface area contributed by atoms with Crippen LogP contribution in [-0.2, 0) is 21.8 Å². The van der Waals surface area contributed by atoms with E-state index in [1.54, 1.807) is 36.5 Å². The number of fused-ring (bicyclic) bond motifs is 1.